The van der Waals surface area contributed by atoms with Gasteiger partial charge in [-0.05, 0) is 67.6 Å². The highest BCUT2D eigenvalue weighted by molar-refractivity contribution is 5.36. The lowest BCUT2D eigenvalue weighted by Crippen LogP contribution is -2.40. The average Bonchev–Trinajstić information content (AvgIpc) is 3.01. The Balaban J connectivity index is 1.58. The van der Waals surface area contributed by atoms with E-state index >= 15 is 0 Å². The number of ether oxygens (including phenoxy) is 1. The number of rotatable bonds is 7. The molecule has 3 nitrogen and oxygen atoms in total. The van der Waals surface area contributed by atoms with Crippen molar-refractivity contribution in [2.45, 2.75) is 82.3 Å². The second-order valence-electron chi connectivity index (χ2n) is 7.93. The lowest BCUT2D eigenvalue weighted by Gasteiger charge is -2.26. The molecule has 3 heteroatoms. The molecule has 0 radical (unpaired) electrons. The van der Waals surface area contributed by atoms with Crippen LogP contribution in [0, 0.1) is 0 Å². The summed E-state index contributed by atoms with van der Waals surface area (Å²) in [4.78, 5) is 0. The fourth-order valence-corrected chi connectivity index (χ4v) is 4.32. The van der Waals surface area contributed by atoms with E-state index in [-0.39, 0.29) is 12.1 Å². The van der Waals surface area contributed by atoms with Gasteiger partial charge in [-0.15, -0.1) is 0 Å². The van der Waals surface area contributed by atoms with Gasteiger partial charge in [0.1, 0.15) is 0 Å². The van der Waals surface area contributed by atoms with E-state index in [1.165, 1.54) is 36.0 Å². The van der Waals surface area contributed by atoms with Gasteiger partial charge in [-0.25, -0.2) is 0 Å². The highest BCUT2D eigenvalue weighted by Crippen LogP contribution is 2.40. The summed E-state index contributed by atoms with van der Waals surface area (Å²) in [6, 6.07) is 6.99. The van der Waals surface area contributed by atoms with Gasteiger partial charge in [0.25, 0.3) is 0 Å². The molecule has 24 heavy (non-hydrogen) atoms. The molecule has 3 atom stereocenters. The standard InChI is InChI=1S/C21H33NO2/c1-2-3-4-11-24-20-8-7-16-12-17(5-6-18(16)13-20)19-9-10-21(22,14-19)15-23/h5-6,12,19-20,23H,2-4,7-11,13-15,22H2,1H3/t19-,20?,21-/m1/s1. The second kappa shape index (κ2) is 7.99. The third kappa shape index (κ3) is 4.19. The van der Waals surface area contributed by atoms with E-state index in [0.717, 1.165) is 45.1 Å². The smallest absolute Gasteiger partial charge is 0.0618 e. The molecule has 0 amide bonds. The van der Waals surface area contributed by atoms with Gasteiger partial charge in [0.05, 0.1) is 12.7 Å². The van der Waals surface area contributed by atoms with Crippen LogP contribution >= 0.6 is 0 Å². The number of aryl methyl sites for hydroxylation is 1. The number of hydrogen-bond acceptors (Lipinski definition) is 3. The zero-order valence-corrected chi connectivity index (χ0v) is 15.1. The highest BCUT2D eigenvalue weighted by atomic mass is 16.5. The topological polar surface area (TPSA) is 55.5 Å². The fraction of sp³-hybridized carbons (Fsp3) is 0.714. The minimum Gasteiger partial charge on any atom is -0.394 e. The predicted molar refractivity (Wildman–Crippen MR) is 98.3 cm³/mol. The van der Waals surface area contributed by atoms with Gasteiger partial charge in [0.15, 0.2) is 0 Å². The van der Waals surface area contributed by atoms with Crippen LogP contribution in [0.25, 0.3) is 0 Å². The average molecular weight is 332 g/mol. The van der Waals surface area contributed by atoms with Crippen molar-refractivity contribution in [1.29, 1.82) is 0 Å². The largest absolute Gasteiger partial charge is 0.394 e. The molecule has 3 N–H and O–H groups in total. The van der Waals surface area contributed by atoms with Crippen LogP contribution in [0.2, 0.25) is 0 Å². The van der Waals surface area contributed by atoms with Gasteiger partial charge in [-0.3, -0.25) is 0 Å². The molecule has 1 aromatic carbocycles. The number of aliphatic hydroxyl groups excluding tert-OH is 1. The third-order valence-electron chi connectivity index (χ3n) is 5.94. The third-order valence-corrected chi connectivity index (χ3v) is 5.94. The van der Waals surface area contributed by atoms with Crippen molar-refractivity contribution in [1.82, 2.24) is 0 Å². The van der Waals surface area contributed by atoms with E-state index in [2.05, 4.69) is 25.1 Å². The molecule has 2 aliphatic carbocycles. The number of nitrogens with two attached hydrogens (primary N) is 1. The molecule has 2 aliphatic rings. The quantitative estimate of drug-likeness (QED) is 0.749. The Kier molecular flexibility index (Phi) is 5.96. The number of aliphatic hydroxyl groups is 1. The van der Waals surface area contributed by atoms with Crippen molar-refractivity contribution >= 4 is 0 Å². The van der Waals surface area contributed by atoms with E-state index in [9.17, 15) is 5.11 Å². The summed E-state index contributed by atoms with van der Waals surface area (Å²) >= 11 is 0. The minimum absolute atomic E-state index is 0.103. The van der Waals surface area contributed by atoms with Crippen molar-refractivity contribution in [3.8, 4) is 0 Å². The second-order valence-corrected chi connectivity index (χ2v) is 7.93. The van der Waals surface area contributed by atoms with Crippen molar-refractivity contribution in [2.75, 3.05) is 13.2 Å². The molecule has 1 unspecified atom stereocenters. The number of fused-ring (bicyclic) bond motifs is 1. The molecule has 0 saturated heterocycles. The summed E-state index contributed by atoms with van der Waals surface area (Å²) in [5.74, 6) is 0.510. The van der Waals surface area contributed by atoms with Crippen LogP contribution in [-0.2, 0) is 17.6 Å². The van der Waals surface area contributed by atoms with Crippen molar-refractivity contribution < 1.29 is 9.84 Å². The summed E-state index contributed by atoms with van der Waals surface area (Å²) in [5.41, 5.74) is 10.3. The lowest BCUT2D eigenvalue weighted by molar-refractivity contribution is 0.0419. The minimum atomic E-state index is -0.363. The summed E-state index contributed by atoms with van der Waals surface area (Å²) < 4.78 is 6.07. The summed E-state index contributed by atoms with van der Waals surface area (Å²) in [7, 11) is 0. The molecule has 1 fully saturated rings. The Labute approximate surface area is 146 Å². The lowest BCUT2D eigenvalue weighted by atomic mass is 9.85. The Morgan fingerprint density at radius 2 is 2.12 bits per heavy atom. The van der Waals surface area contributed by atoms with Gasteiger partial charge in [-0.2, -0.15) is 0 Å². The number of unbranched alkanes of at least 4 members (excludes halogenated alkanes) is 2. The van der Waals surface area contributed by atoms with Crippen LogP contribution in [0.15, 0.2) is 18.2 Å². The van der Waals surface area contributed by atoms with Gasteiger partial charge in [0.2, 0.25) is 0 Å². The van der Waals surface area contributed by atoms with Crippen LogP contribution in [0.3, 0.4) is 0 Å². The number of hydrogen-bond donors (Lipinski definition) is 2. The van der Waals surface area contributed by atoms with E-state index in [4.69, 9.17) is 10.5 Å². The van der Waals surface area contributed by atoms with Crippen molar-refractivity contribution in [3.05, 3.63) is 34.9 Å². The summed E-state index contributed by atoms with van der Waals surface area (Å²) in [6.45, 7) is 3.24. The predicted octanol–water partition coefficient (Wildman–Crippen LogP) is 3.71. The molecule has 1 aromatic rings. The van der Waals surface area contributed by atoms with Crippen molar-refractivity contribution in [2.24, 2.45) is 5.73 Å². The Hall–Kier alpha value is -0.900. The molecule has 0 aliphatic heterocycles. The molecule has 0 heterocycles. The van der Waals surface area contributed by atoms with Crippen LogP contribution in [0.4, 0.5) is 0 Å². The molecule has 3 rings (SSSR count). The molecule has 0 aromatic heterocycles. The first-order valence-electron chi connectivity index (χ1n) is 9.76. The Morgan fingerprint density at radius 3 is 2.88 bits per heavy atom. The molecular weight excluding hydrogens is 298 g/mol. The SMILES string of the molecule is CCCCCOC1CCc2cc([C@@H]3CC[C@](N)(CO)C3)ccc2C1. The first-order valence-corrected chi connectivity index (χ1v) is 9.76. The zero-order chi connectivity index (χ0) is 17.0. The maximum Gasteiger partial charge on any atom is 0.0618 e. The first-order chi connectivity index (χ1) is 11.6. The molecule has 0 spiro atoms. The van der Waals surface area contributed by atoms with E-state index in [0.29, 0.717) is 12.0 Å². The van der Waals surface area contributed by atoms with Gasteiger partial charge < -0.3 is 15.6 Å². The fourth-order valence-electron chi connectivity index (χ4n) is 4.32. The van der Waals surface area contributed by atoms with Gasteiger partial charge in [0, 0.05) is 12.1 Å². The number of benzene rings is 1. The van der Waals surface area contributed by atoms with Crippen LogP contribution in [-0.4, -0.2) is 30.0 Å². The Bertz CT molecular complexity index is 545. The maximum atomic E-state index is 9.48. The molecular formula is C21H33NO2. The molecule has 134 valence electrons. The van der Waals surface area contributed by atoms with E-state index < -0.39 is 0 Å². The van der Waals surface area contributed by atoms with E-state index in [1.807, 2.05) is 0 Å². The summed E-state index contributed by atoms with van der Waals surface area (Å²) in [5, 5.41) is 9.48. The Morgan fingerprint density at radius 1 is 1.25 bits per heavy atom. The highest BCUT2D eigenvalue weighted by Gasteiger charge is 2.36. The van der Waals surface area contributed by atoms with Gasteiger partial charge in [-0.1, -0.05) is 38.0 Å². The van der Waals surface area contributed by atoms with Crippen LogP contribution in [0.5, 0.6) is 0 Å². The molecule has 1 saturated carbocycles. The monoisotopic (exact) mass is 331 g/mol. The van der Waals surface area contributed by atoms with Crippen molar-refractivity contribution in [3.63, 3.8) is 0 Å². The summed E-state index contributed by atoms with van der Waals surface area (Å²) in [6.07, 6.45) is 10.4. The zero-order valence-electron chi connectivity index (χ0n) is 15.1. The normalized spacial score (nSPS) is 29.6. The van der Waals surface area contributed by atoms with E-state index in [1.54, 1.807) is 0 Å². The van der Waals surface area contributed by atoms with Gasteiger partial charge >= 0.3 is 0 Å². The molecule has 0 bridgehead atoms. The first kappa shape index (κ1) is 17.9. The van der Waals surface area contributed by atoms with Crippen LogP contribution in [0.1, 0.15) is 74.5 Å². The maximum absolute atomic E-state index is 9.48. The van der Waals surface area contributed by atoms with Crippen LogP contribution < -0.4 is 5.73 Å².